The first-order valence-electron chi connectivity index (χ1n) is 9.88. The molecule has 0 amide bonds. The molecule has 3 aromatic rings. The van der Waals surface area contributed by atoms with Gasteiger partial charge >= 0.3 is 0 Å². The fraction of sp³-hybridized carbons (Fsp3) is 0.280. The lowest BCUT2D eigenvalue weighted by Crippen LogP contribution is -2.32. The van der Waals surface area contributed by atoms with E-state index < -0.39 is 0 Å². The predicted molar refractivity (Wildman–Crippen MR) is 113 cm³/mol. The summed E-state index contributed by atoms with van der Waals surface area (Å²) < 4.78 is 19.6. The summed E-state index contributed by atoms with van der Waals surface area (Å²) >= 11 is 0. The molecule has 0 spiro atoms. The van der Waals surface area contributed by atoms with Crippen molar-refractivity contribution in [2.75, 3.05) is 0 Å². The van der Waals surface area contributed by atoms with Gasteiger partial charge in [0.1, 0.15) is 17.7 Å². The fourth-order valence-electron chi connectivity index (χ4n) is 4.05. The molecular weight excluding hydrogens is 351 g/mol. The number of rotatable bonds is 4. The van der Waals surface area contributed by atoms with Crippen molar-refractivity contribution in [2.24, 2.45) is 5.92 Å². The van der Waals surface area contributed by atoms with Crippen LogP contribution in [-0.4, -0.2) is 17.3 Å². The third kappa shape index (κ3) is 4.26. The number of halogens is 1. The maximum absolute atomic E-state index is 13.1. The molecule has 1 aliphatic carbocycles. The lowest BCUT2D eigenvalue weighted by Gasteiger charge is -2.31. The van der Waals surface area contributed by atoms with E-state index in [1.54, 1.807) is 12.1 Å². The summed E-state index contributed by atoms with van der Waals surface area (Å²) in [6.07, 6.45) is 6.12. The van der Waals surface area contributed by atoms with Crippen LogP contribution in [0.1, 0.15) is 37.3 Å². The molecule has 0 bridgehead atoms. The third-order valence-electron chi connectivity index (χ3n) is 5.39. The predicted octanol–water partition coefficient (Wildman–Crippen LogP) is 6.08. The molecule has 0 radical (unpaired) electrons. The van der Waals surface area contributed by atoms with Crippen LogP contribution in [0.4, 0.5) is 4.39 Å². The standard InChI is InChI=1S/C25H25FO2/c1-17-14-22(27)16-23(15-17)28-25-20(9-6-18-7-12-21(26)13-8-18)11-10-19-4-2-3-5-24(19)25/h2-13,17,22-23,27H,14-16H2,1H3/b9-6+. The van der Waals surface area contributed by atoms with E-state index in [0.29, 0.717) is 12.3 Å². The number of hydrogen-bond acceptors (Lipinski definition) is 2. The Morgan fingerprint density at radius 2 is 1.71 bits per heavy atom. The topological polar surface area (TPSA) is 29.5 Å². The molecular formula is C25H25FO2. The van der Waals surface area contributed by atoms with Crippen LogP contribution in [0.2, 0.25) is 0 Å². The lowest BCUT2D eigenvalue weighted by molar-refractivity contribution is 0.0315. The van der Waals surface area contributed by atoms with Crippen LogP contribution in [0.5, 0.6) is 5.75 Å². The van der Waals surface area contributed by atoms with E-state index in [1.165, 1.54) is 12.1 Å². The van der Waals surface area contributed by atoms with Crippen LogP contribution in [0, 0.1) is 11.7 Å². The van der Waals surface area contributed by atoms with E-state index in [9.17, 15) is 9.50 Å². The van der Waals surface area contributed by atoms with Gasteiger partial charge in [-0.25, -0.2) is 4.39 Å². The van der Waals surface area contributed by atoms with Gasteiger partial charge in [0.25, 0.3) is 0 Å². The van der Waals surface area contributed by atoms with Crippen molar-refractivity contribution < 1.29 is 14.2 Å². The Hall–Kier alpha value is -2.65. The zero-order valence-corrected chi connectivity index (χ0v) is 16.0. The number of aliphatic hydroxyl groups excluding tert-OH is 1. The summed E-state index contributed by atoms with van der Waals surface area (Å²) in [7, 11) is 0. The van der Waals surface area contributed by atoms with Gasteiger partial charge in [0.15, 0.2) is 0 Å². The van der Waals surface area contributed by atoms with E-state index in [0.717, 1.165) is 40.5 Å². The molecule has 1 fully saturated rings. The van der Waals surface area contributed by atoms with Crippen LogP contribution >= 0.6 is 0 Å². The number of hydrogen-bond donors (Lipinski definition) is 1. The molecule has 0 saturated heterocycles. The fourth-order valence-corrected chi connectivity index (χ4v) is 4.05. The molecule has 1 aliphatic rings. The van der Waals surface area contributed by atoms with E-state index in [2.05, 4.69) is 31.2 Å². The second-order valence-electron chi connectivity index (χ2n) is 7.80. The van der Waals surface area contributed by atoms with Crippen LogP contribution < -0.4 is 4.74 Å². The molecule has 0 aromatic heterocycles. The van der Waals surface area contributed by atoms with Gasteiger partial charge in [-0.2, -0.15) is 0 Å². The molecule has 1 saturated carbocycles. The van der Waals surface area contributed by atoms with Crippen molar-refractivity contribution in [1.29, 1.82) is 0 Å². The highest BCUT2D eigenvalue weighted by molar-refractivity contribution is 5.93. The van der Waals surface area contributed by atoms with Gasteiger partial charge < -0.3 is 9.84 Å². The summed E-state index contributed by atoms with van der Waals surface area (Å²) in [4.78, 5) is 0. The van der Waals surface area contributed by atoms with E-state index in [-0.39, 0.29) is 18.0 Å². The second kappa shape index (κ2) is 8.15. The Morgan fingerprint density at radius 1 is 0.929 bits per heavy atom. The average Bonchev–Trinajstić information content (AvgIpc) is 2.68. The van der Waals surface area contributed by atoms with Gasteiger partial charge in [0.05, 0.1) is 6.10 Å². The largest absolute Gasteiger partial charge is 0.489 e. The second-order valence-corrected chi connectivity index (χ2v) is 7.80. The van der Waals surface area contributed by atoms with Gasteiger partial charge in [-0.1, -0.05) is 67.6 Å². The Labute approximate surface area is 165 Å². The zero-order valence-electron chi connectivity index (χ0n) is 16.0. The SMILES string of the molecule is CC1CC(O)CC(Oc2c(/C=C/c3ccc(F)cc3)ccc3ccccc23)C1. The highest BCUT2D eigenvalue weighted by atomic mass is 19.1. The van der Waals surface area contributed by atoms with Crippen molar-refractivity contribution in [3.63, 3.8) is 0 Å². The maximum atomic E-state index is 13.1. The number of ether oxygens (including phenoxy) is 1. The minimum absolute atomic E-state index is 0.00234. The Kier molecular flexibility index (Phi) is 5.45. The van der Waals surface area contributed by atoms with Crippen LogP contribution in [-0.2, 0) is 0 Å². The molecule has 4 rings (SSSR count). The van der Waals surface area contributed by atoms with Gasteiger partial charge in [-0.15, -0.1) is 0 Å². The highest BCUT2D eigenvalue weighted by Gasteiger charge is 2.27. The molecule has 1 N–H and O–H groups in total. The summed E-state index contributed by atoms with van der Waals surface area (Å²) in [6, 6.07) is 18.8. The number of benzene rings is 3. The minimum atomic E-state index is -0.304. The summed E-state index contributed by atoms with van der Waals surface area (Å²) in [5.74, 6) is 1.06. The van der Waals surface area contributed by atoms with E-state index in [1.807, 2.05) is 24.3 Å². The van der Waals surface area contributed by atoms with Gasteiger partial charge in [-0.05, 0) is 41.8 Å². The molecule has 3 aromatic carbocycles. The smallest absolute Gasteiger partial charge is 0.134 e. The number of aliphatic hydroxyl groups is 1. The molecule has 3 atom stereocenters. The Balaban J connectivity index is 1.69. The molecule has 28 heavy (non-hydrogen) atoms. The minimum Gasteiger partial charge on any atom is -0.489 e. The first kappa shape index (κ1) is 18.7. The summed E-state index contributed by atoms with van der Waals surface area (Å²) in [5.41, 5.74) is 1.91. The zero-order chi connectivity index (χ0) is 19.5. The number of fused-ring (bicyclic) bond motifs is 1. The molecule has 0 heterocycles. The van der Waals surface area contributed by atoms with E-state index in [4.69, 9.17) is 4.74 Å². The van der Waals surface area contributed by atoms with Crippen molar-refractivity contribution in [3.8, 4) is 5.75 Å². The summed E-state index contributed by atoms with van der Waals surface area (Å²) in [5, 5.41) is 12.4. The normalized spacial score (nSPS) is 22.6. The summed E-state index contributed by atoms with van der Waals surface area (Å²) in [6.45, 7) is 2.16. The van der Waals surface area contributed by atoms with Gasteiger partial charge in [-0.3, -0.25) is 0 Å². The molecule has 3 unspecified atom stereocenters. The maximum Gasteiger partial charge on any atom is 0.134 e. The first-order chi connectivity index (χ1) is 13.6. The molecule has 3 heteroatoms. The van der Waals surface area contributed by atoms with Crippen molar-refractivity contribution >= 4 is 22.9 Å². The van der Waals surface area contributed by atoms with Crippen molar-refractivity contribution in [3.05, 3.63) is 77.6 Å². The van der Waals surface area contributed by atoms with Gasteiger partial charge in [0.2, 0.25) is 0 Å². The quantitative estimate of drug-likeness (QED) is 0.559. The van der Waals surface area contributed by atoms with Crippen molar-refractivity contribution in [2.45, 2.75) is 38.4 Å². The molecule has 0 aliphatic heterocycles. The van der Waals surface area contributed by atoms with Crippen LogP contribution in [0.25, 0.3) is 22.9 Å². The Morgan fingerprint density at radius 3 is 2.50 bits per heavy atom. The third-order valence-corrected chi connectivity index (χ3v) is 5.39. The monoisotopic (exact) mass is 376 g/mol. The average molecular weight is 376 g/mol. The lowest BCUT2D eigenvalue weighted by atomic mass is 9.86. The first-order valence-corrected chi connectivity index (χ1v) is 9.88. The molecule has 144 valence electrons. The van der Waals surface area contributed by atoms with Crippen LogP contribution in [0.15, 0.2) is 60.7 Å². The van der Waals surface area contributed by atoms with Gasteiger partial charge in [0, 0.05) is 17.4 Å². The Bertz CT molecular complexity index is 968. The highest BCUT2D eigenvalue weighted by Crippen LogP contribution is 2.35. The van der Waals surface area contributed by atoms with Crippen LogP contribution in [0.3, 0.4) is 0 Å². The molecule has 2 nitrogen and oxygen atoms in total. The van der Waals surface area contributed by atoms with E-state index >= 15 is 0 Å². The van der Waals surface area contributed by atoms with Crippen molar-refractivity contribution in [1.82, 2.24) is 0 Å².